The van der Waals surface area contributed by atoms with E-state index in [1.807, 2.05) is 25.1 Å². The lowest BCUT2D eigenvalue weighted by atomic mass is 10.2. The average molecular weight is 338 g/mol. The number of nitrogens with zero attached hydrogens (tertiary/aromatic N) is 3. The van der Waals surface area contributed by atoms with E-state index in [0.717, 1.165) is 28.2 Å². The summed E-state index contributed by atoms with van der Waals surface area (Å²) in [7, 11) is 0. The number of imidazole rings is 1. The van der Waals surface area contributed by atoms with Gasteiger partial charge in [-0.2, -0.15) is 0 Å². The van der Waals surface area contributed by atoms with Crippen LogP contribution in [0.1, 0.15) is 38.2 Å². The van der Waals surface area contributed by atoms with Crippen molar-refractivity contribution in [3.05, 3.63) is 48.3 Å². The highest BCUT2D eigenvalue weighted by atomic mass is 16.2. The van der Waals surface area contributed by atoms with E-state index in [0.29, 0.717) is 12.3 Å². The summed E-state index contributed by atoms with van der Waals surface area (Å²) in [6.45, 7) is 6.10. The third-order valence-electron chi connectivity index (χ3n) is 3.81. The Balaban J connectivity index is 1.61. The fourth-order valence-electron chi connectivity index (χ4n) is 2.57. The molecule has 2 aromatic heterocycles. The van der Waals surface area contributed by atoms with Gasteiger partial charge in [-0.25, -0.2) is 9.78 Å². The number of carbonyl (C=O) groups excluding carboxylic acids is 1. The average Bonchev–Trinajstić information content (AvgIpc) is 2.99. The van der Waals surface area contributed by atoms with Crippen LogP contribution >= 0.6 is 0 Å². The van der Waals surface area contributed by atoms with Crippen LogP contribution in [-0.2, 0) is 6.42 Å². The molecule has 2 amide bonds. The van der Waals surface area contributed by atoms with Crippen molar-refractivity contribution in [2.75, 3.05) is 5.32 Å². The minimum absolute atomic E-state index is 0.0554. The van der Waals surface area contributed by atoms with Crippen molar-refractivity contribution in [2.24, 2.45) is 0 Å². The Morgan fingerprint density at radius 1 is 1.24 bits per heavy atom. The van der Waals surface area contributed by atoms with Gasteiger partial charge in [-0.3, -0.25) is 9.97 Å². The van der Waals surface area contributed by atoms with E-state index in [1.54, 1.807) is 18.6 Å². The number of H-pyrrole nitrogens is 1. The van der Waals surface area contributed by atoms with Crippen molar-refractivity contribution >= 4 is 22.8 Å². The Hall–Kier alpha value is -2.96. The molecule has 7 heteroatoms. The second kappa shape index (κ2) is 7.29. The summed E-state index contributed by atoms with van der Waals surface area (Å²) in [5.74, 6) is 1.27. The van der Waals surface area contributed by atoms with E-state index in [4.69, 9.17) is 0 Å². The van der Waals surface area contributed by atoms with Gasteiger partial charge in [0.15, 0.2) is 0 Å². The molecule has 3 aromatic rings. The number of aromatic amines is 1. The van der Waals surface area contributed by atoms with Gasteiger partial charge in [0, 0.05) is 42.7 Å². The van der Waals surface area contributed by atoms with Crippen LogP contribution in [0.15, 0.2) is 36.8 Å². The molecule has 0 aliphatic rings. The molecule has 0 saturated heterocycles. The molecule has 2 heterocycles. The van der Waals surface area contributed by atoms with Gasteiger partial charge in [0.05, 0.1) is 16.7 Å². The summed E-state index contributed by atoms with van der Waals surface area (Å²) in [5, 5.41) is 5.76. The maximum atomic E-state index is 12.2. The minimum atomic E-state index is -0.251. The molecule has 1 aromatic carbocycles. The molecule has 0 bridgehead atoms. The molecule has 3 N–H and O–H groups in total. The monoisotopic (exact) mass is 338 g/mol. The Morgan fingerprint density at radius 2 is 2.08 bits per heavy atom. The van der Waals surface area contributed by atoms with Gasteiger partial charge < -0.3 is 15.6 Å². The number of aromatic nitrogens is 4. The normalized spacial score (nSPS) is 12.3. The number of rotatable bonds is 5. The van der Waals surface area contributed by atoms with E-state index in [2.05, 4.69) is 44.4 Å². The van der Waals surface area contributed by atoms with Crippen molar-refractivity contribution in [2.45, 2.75) is 39.2 Å². The topological polar surface area (TPSA) is 95.6 Å². The SMILES string of the molecule is CC(C)c1nc2ccc(NC(=O)N[C@H](C)Cc3cnccn3)cc2[nH]1. The highest BCUT2D eigenvalue weighted by Gasteiger charge is 2.11. The number of fused-ring (bicyclic) bond motifs is 1. The summed E-state index contributed by atoms with van der Waals surface area (Å²) in [6, 6.07) is 5.33. The van der Waals surface area contributed by atoms with Crippen LogP contribution in [0.3, 0.4) is 0 Å². The second-order valence-electron chi connectivity index (χ2n) is 6.41. The van der Waals surface area contributed by atoms with Crippen LogP contribution in [-0.4, -0.2) is 32.0 Å². The second-order valence-corrected chi connectivity index (χ2v) is 6.41. The molecular weight excluding hydrogens is 316 g/mol. The van der Waals surface area contributed by atoms with Gasteiger partial charge in [0.2, 0.25) is 0 Å². The van der Waals surface area contributed by atoms with Crippen LogP contribution in [0.25, 0.3) is 11.0 Å². The molecule has 0 saturated carbocycles. The molecule has 130 valence electrons. The standard InChI is InChI=1S/C18H22N6O/c1-11(2)17-23-15-5-4-13(9-16(15)24-17)22-18(25)21-12(3)8-14-10-19-6-7-20-14/h4-7,9-12H,8H2,1-3H3,(H,23,24)(H2,21,22,25)/t12-/m1/s1. The molecule has 25 heavy (non-hydrogen) atoms. The number of nitrogens with one attached hydrogen (secondary N) is 3. The zero-order valence-corrected chi connectivity index (χ0v) is 14.6. The number of amides is 2. The summed E-state index contributed by atoms with van der Waals surface area (Å²) >= 11 is 0. The first-order valence-corrected chi connectivity index (χ1v) is 8.33. The Labute approximate surface area is 146 Å². The minimum Gasteiger partial charge on any atom is -0.342 e. The van der Waals surface area contributed by atoms with Crippen LogP contribution in [0.5, 0.6) is 0 Å². The molecule has 0 aliphatic heterocycles. The van der Waals surface area contributed by atoms with Crippen molar-refractivity contribution < 1.29 is 4.79 Å². The highest BCUT2D eigenvalue weighted by molar-refractivity contribution is 5.92. The summed E-state index contributed by atoms with van der Waals surface area (Å²) in [6.07, 6.45) is 5.60. The first-order valence-electron chi connectivity index (χ1n) is 8.33. The largest absolute Gasteiger partial charge is 0.342 e. The Bertz CT molecular complexity index is 858. The molecular formula is C18H22N6O. The molecule has 0 unspecified atom stereocenters. The summed E-state index contributed by atoms with van der Waals surface area (Å²) in [5.41, 5.74) is 3.37. The third kappa shape index (κ3) is 4.32. The van der Waals surface area contributed by atoms with Gasteiger partial charge in [0.25, 0.3) is 0 Å². The van der Waals surface area contributed by atoms with Crippen molar-refractivity contribution in [3.8, 4) is 0 Å². The predicted octanol–water partition coefficient (Wildman–Crippen LogP) is 3.23. The number of carbonyl (C=O) groups is 1. The maximum Gasteiger partial charge on any atom is 0.319 e. The number of anilines is 1. The van der Waals surface area contributed by atoms with Gasteiger partial charge in [0.1, 0.15) is 5.82 Å². The zero-order valence-electron chi connectivity index (χ0n) is 14.6. The smallest absolute Gasteiger partial charge is 0.319 e. The summed E-state index contributed by atoms with van der Waals surface area (Å²) < 4.78 is 0. The quantitative estimate of drug-likeness (QED) is 0.665. The molecule has 3 rings (SSSR count). The lowest BCUT2D eigenvalue weighted by Crippen LogP contribution is -2.37. The van der Waals surface area contributed by atoms with Crippen molar-refractivity contribution in [1.29, 1.82) is 0 Å². The summed E-state index contributed by atoms with van der Waals surface area (Å²) in [4.78, 5) is 28.2. The van der Waals surface area contributed by atoms with E-state index in [-0.39, 0.29) is 12.1 Å². The van der Waals surface area contributed by atoms with E-state index >= 15 is 0 Å². The molecule has 0 spiro atoms. The maximum absolute atomic E-state index is 12.2. The lowest BCUT2D eigenvalue weighted by molar-refractivity contribution is 0.249. The molecule has 0 fully saturated rings. The number of hydrogen-bond donors (Lipinski definition) is 3. The molecule has 0 aliphatic carbocycles. The Morgan fingerprint density at radius 3 is 2.80 bits per heavy atom. The predicted molar refractivity (Wildman–Crippen MR) is 97.5 cm³/mol. The van der Waals surface area contributed by atoms with Crippen molar-refractivity contribution in [1.82, 2.24) is 25.3 Å². The van der Waals surface area contributed by atoms with E-state index in [1.165, 1.54) is 0 Å². The molecule has 0 radical (unpaired) electrons. The van der Waals surface area contributed by atoms with Gasteiger partial charge in [-0.05, 0) is 25.1 Å². The van der Waals surface area contributed by atoms with Crippen LogP contribution < -0.4 is 10.6 Å². The van der Waals surface area contributed by atoms with E-state index in [9.17, 15) is 4.79 Å². The van der Waals surface area contributed by atoms with Crippen molar-refractivity contribution in [3.63, 3.8) is 0 Å². The number of benzene rings is 1. The Kier molecular flexibility index (Phi) is 4.92. The highest BCUT2D eigenvalue weighted by Crippen LogP contribution is 2.20. The lowest BCUT2D eigenvalue weighted by Gasteiger charge is -2.14. The van der Waals surface area contributed by atoms with Gasteiger partial charge in [-0.15, -0.1) is 0 Å². The van der Waals surface area contributed by atoms with Crippen LogP contribution in [0.2, 0.25) is 0 Å². The fraction of sp³-hybridized carbons (Fsp3) is 0.333. The number of urea groups is 1. The van der Waals surface area contributed by atoms with Gasteiger partial charge in [-0.1, -0.05) is 13.8 Å². The fourth-order valence-corrected chi connectivity index (χ4v) is 2.57. The first kappa shape index (κ1) is 16.9. The van der Waals surface area contributed by atoms with Gasteiger partial charge >= 0.3 is 6.03 Å². The number of hydrogen-bond acceptors (Lipinski definition) is 4. The zero-order chi connectivity index (χ0) is 17.8. The van der Waals surface area contributed by atoms with Crippen LogP contribution in [0.4, 0.5) is 10.5 Å². The van der Waals surface area contributed by atoms with Crippen LogP contribution in [0, 0.1) is 0 Å². The third-order valence-corrected chi connectivity index (χ3v) is 3.81. The first-order chi connectivity index (χ1) is 12.0. The molecule has 1 atom stereocenters. The van der Waals surface area contributed by atoms with E-state index < -0.39 is 0 Å². The molecule has 7 nitrogen and oxygen atoms in total.